The Bertz CT molecular complexity index is 131. The normalized spacial score (nSPS) is 43.0. The Morgan fingerprint density at radius 2 is 1.89 bits per heavy atom. The minimum atomic E-state index is -0.0463. The summed E-state index contributed by atoms with van der Waals surface area (Å²) in [7, 11) is 0. The van der Waals surface area contributed by atoms with Crippen LogP contribution in [0.5, 0.6) is 0 Å². The summed E-state index contributed by atoms with van der Waals surface area (Å²) in [5.74, 6) is 0.437. The third-order valence-electron chi connectivity index (χ3n) is 2.20. The number of hydrogen-bond acceptors (Lipinski definition) is 2. The third kappa shape index (κ3) is 0.934. The molecule has 0 amide bonds. The SMILES string of the molecule is C[C@@H]1[C@@H](C)OC(=O)[C@@H]1C. The molecule has 2 heteroatoms. The minimum Gasteiger partial charge on any atom is -0.462 e. The molecular formula is C7H12O2. The number of esters is 1. The number of rotatable bonds is 0. The summed E-state index contributed by atoms with van der Waals surface area (Å²) >= 11 is 0. The van der Waals surface area contributed by atoms with Crippen LogP contribution in [0.4, 0.5) is 0 Å². The van der Waals surface area contributed by atoms with Gasteiger partial charge in [0.2, 0.25) is 0 Å². The van der Waals surface area contributed by atoms with Gasteiger partial charge in [0, 0.05) is 5.92 Å². The van der Waals surface area contributed by atoms with Crippen LogP contribution in [0.3, 0.4) is 0 Å². The maximum atomic E-state index is 10.8. The number of hydrogen-bond donors (Lipinski definition) is 0. The zero-order valence-corrected chi connectivity index (χ0v) is 6.05. The standard InChI is InChI=1S/C7H12O2/c1-4-5(2)7(8)9-6(4)3/h4-6H,1-3H3/t4-,5+,6+/m0/s1. The first-order chi connectivity index (χ1) is 4.13. The molecule has 0 saturated carbocycles. The van der Waals surface area contributed by atoms with Gasteiger partial charge in [-0.15, -0.1) is 0 Å². The summed E-state index contributed by atoms with van der Waals surface area (Å²) in [5.41, 5.74) is 0. The van der Waals surface area contributed by atoms with E-state index in [2.05, 4.69) is 0 Å². The van der Waals surface area contributed by atoms with Crippen LogP contribution in [0.25, 0.3) is 0 Å². The number of cyclic esters (lactones) is 1. The number of carbonyl (C=O) groups is 1. The highest BCUT2D eigenvalue weighted by Gasteiger charge is 2.35. The maximum absolute atomic E-state index is 10.8. The molecule has 0 radical (unpaired) electrons. The summed E-state index contributed by atoms with van der Waals surface area (Å²) in [6, 6.07) is 0. The summed E-state index contributed by atoms with van der Waals surface area (Å²) in [6.07, 6.45) is 0.118. The maximum Gasteiger partial charge on any atom is 0.309 e. The van der Waals surface area contributed by atoms with Crippen molar-refractivity contribution in [3.63, 3.8) is 0 Å². The average Bonchev–Trinajstić information content (AvgIpc) is 1.98. The molecule has 0 aliphatic carbocycles. The van der Waals surface area contributed by atoms with E-state index in [1.165, 1.54) is 0 Å². The topological polar surface area (TPSA) is 26.3 Å². The molecule has 0 aromatic rings. The Morgan fingerprint density at radius 1 is 1.33 bits per heavy atom. The molecule has 3 atom stereocenters. The molecule has 52 valence electrons. The molecule has 1 aliphatic heterocycles. The molecular weight excluding hydrogens is 116 g/mol. The molecule has 1 saturated heterocycles. The first-order valence-electron chi connectivity index (χ1n) is 3.33. The molecule has 9 heavy (non-hydrogen) atoms. The first-order valence-corrected chi connectivity index (χ1v) is 3.33. The fraction of sp³-hybridized carbons (Fsp3) is 0.857. The summed E-state index contributed by atoms with van der Waals surface area (Å²) in [5, 5.41) is 0. The van der Waals surface area contributed by atoms with E-state index >= 15 is 0 Å². The summed E-state index contributed by atoms with van der Waals surface area (Å²) in [4.78, 5) is 10.8. The highest BCUT2D eigenvalue weighted by molar-refractivity contribution is 5.74. The van der Waals surface area contributed by atoms with Gasteiger partial charge in [0.05, 0.1) is 5.92 Å². The fourth-order valence-corrected chi connectivity index (χ4v) is 1.02. The Kier molecular flexibility index (Phi) is 1.47. The molecule has 0 spiro atoms. The van der Waals surface area contributed by atoms with Crippen LogP contribution in [0.2, 0.25) is 0 Å². The largest absolute Gasteiger partial charge is 0.462 e. The van der Waals surface area contributed by atoms with Crippen molar-refractivity contribution in [2.24, 2.45) is 11.8 Å². The quantitative estimate of drug-likeness (QED) is 0.458. The van der Waals surface area contributed by atoms with Crippen LogP contribution in [-0.4, -0.2) is 12.1 Å². The van der Waals surface area contributed by atoms with Gasteiger partial charge >= 0.3 is 5.97 Å². The van der Waals surface area contributed by atoms with Crippen LogP contribution >= 0.6 is 0 Å². The highest BCUT2D eigenvalue weighted by Crippen LogP contribution is 2.26. The van der Waals surface area contributed by atoms with E-state index in [1.807, 2.05) is 20.8 Å². The molecule has 1 rings (SSSR count). The summed E-state index contributed by atoms with van der Waals surface area (Å²) in [6.45, 7) is 5.89. The van der Waals surface area contributed by atoms with Crippen molar-refractivity contribution in [2.75, 3.05) is 0 Å². The van der Waals surface area contributed by atoms with Crippen molar-refractivity contribution in [3.8, 4) is 0 Å². The van der Waals surface area contributed by atoms with Gasteiger partial charge in [-0.25, -0.2) is 0 Å². The molecule has 0 N–H and O–H groups in total. The van der Waals surface area contributed by atoms with Gasteiger partial charge in [-0.05, 0) is 6.92 Å². The van der Waals surface area contributed by atoms with Gasteiger partial charge in [-0.2, -0.15) is 0 Å². The third-order valence-corrected chi connectivity index (χ3v) is 2.20. The van der Waals surface area contributed by atoms with E-state index in [9.17, 15) is 4.79 Å². The van der Waals surface area contributed by atoms with Crippen LogP contribution in [0.1, 0.15) is 20.8 Å². The molecule has 0 aromatic carbocycles. The fourth-order valence-electron chi connectivity index (χ4n) is 1.02. The van der Waals surface area contributed by atoms with Crippen molar-refractivity contribution in [1.29, 1.82) is 0 Å². The molecule has 0 unspecified atom stereocenters. The number of ether oxygens (including phenoxy) is 1. The summed E-state index contributed by atoms with van der Waals surface area (Å²) < 4.78 is 4.95. The van der Waals surface area contributed by atoms with Crippen LogP contribution < -0.4 is 0 Å². The van der Waals surface area contributed by atoms with Crippen molar-refractivity contribution in [1.82, 2.24) is 0 Å². The zero-order valence-electron chi connectivity index (χ0n) is 6.05. The van der Waals surface area contributed by atoms with Crippen molar-refractivity contribution in [2.45, 2.75) is 26.9 Å². The Morgan fingerprint density at radius 3 is 2.00 bits per heavy atom. The van der Waals surface area contributed by atoms with E-state index in [1.54, 1.807) is 0 Å². The van der Waals surface area contributed by atoms with Crippen LogP contribution in [0.15, 0.2) is 0 Å². The van der Waals surface area contributed by atoms with E-state index in [4.69, 9.17) is 4.74 Å². The predicted molar refractivity (Wildman–Crippen MR) is 33.9 cm³/mol. The minimum absolute atomic E-state index is 0.0463. The lowest BCUT2D eigenvalue weighted by molar-refractivity contribution is -0.143. The molecule has 1 heterocycles. The lowest BCUT2D eigenvalue weighted by Crippen LogP contribution is -2.11. The van der Waals surface area contributed by atoms with E-state index < -0.39 is 0 Å². The lowest BCUT2D eigenvalue weighted by Gasteiger charge is -2.06. The van der Waals surface area contributed by atoms with Crippen LogP contribution in [0, 0.1) is 11.8 Å². The molecule has 1 fully saturated rings. The molecule has 0 bridgehead atoms. The van der Waals surface area contributed by atoms with Gasteiger partial charge in [-0.1, -0.05) is 13.8 Å². The monoisotopic (exact) mass is 128 g/mol. The smallest absolute Gasteiger partial charge is 0.309 e. The Labute approximate surface area is 55.2 Å². The van der Waals surface area contributed by atoms with Gasteiger partial charge in [0.15, 0.2) is 0 Å². The first kappa shape index (κ1) is 6.59. The molecule has 2 nitrogen and oxygen atoms in total. The second-order valence-electron chi connectivity index (χ2n) is 2.79. The van der Waals surface area contributed by atoms with E-state index in [0.717, 1.165) is 0 Å². The van der Waals surface area contributed by atoms with Gasteiger partial charge in [-0.3, -0.25) is 4.79 Å². The highest BCUT2D eigenvalue weighted by atomic mass is 16.6. The van der Waals surface area contributed by atoms with E-state index in [-0.39, 0.29) is 18.0 Å². The van der Waals surface area contributed by atoms with Crippen molar-refractivity contribution < 1.29 is 9.53 Å². The molecule has 1 aliphatic rings. The molecule has 0 aromatic heterocycles. The average molecular weight is 128 g/mol. The predicted octanol–water partition coefficient (Wildman–Crippen LogP) is 1.20. The van der Waals surface area contributed by atoms with Crippen molar-refractivity contribution >= 4 is 5.97 Å². The lowest BCUT2D eigenvalue weighted by atomic mass is 9.95. The van der Waals surface area contributed by atoms with Gasteiger partial charge in [0.1, 0.15) is 6.10 Å². The number of carbonyl (C=O) groups excluding carboxylic acids is 1. The second kappa shape index (κ2) is 2.01. The zero-order chi connectivity index (χ0) is 7.02. The van der Waals surface area contributed by atoms with Gasteiger partial charge in [0.25, 0.3) is 0 Å². The van der Waals surface area contributed by atoms with Gasteiger partial charge < -0.3 is 4.74 Å². The Hall–Kier alpha value is -0.530. The second-order valence-corrected chi connectivity index (χ2v) is 2.79. The Balaban J connectivity index is 2.65. The van der Waals surface area contributed by atoms with Crippen molar-refractivity contribution in [3.05, 3.63) is 0 Å². The van der Waals surface area contributed by atoms with Crippen LogP contribution in [-0.2, 0) is 9.53 Å². The van der Waals surface area contributed by atoms with E-state index in [0.29, 0.717) is 5.92 Å².